The van der Waals surface area contributed by atoms with Crippen LogP contribution in [0, 0.1) is 0 Å². The number of H-pyrrole nitrogens is 1. The largest absolute Gasteiger partial charge is 0.241 e. The summed E-state index contributed by atoms with van der Waals surface area (Å²) in [5.74, 6) is 1.45. The molecule has 4 rings (SSSR count). The van der Waals surface area contributed by atoms with Crippen LogP contribution in [-0.2, 0) is 6.54 Å². The summed E-state index contributed by atoms with van der Waals surface area (Å²) in [5, 5.41) is 19.1. The first-order valence-corrected chi connectivity index (χ1v) is 9.42. The Morgan fingerprint density at radius 1 is 1.07 bits per heavy atom. The first-order chi connectivity index (χ1) is 13.7. The van der Waals surface area contributed by atoms with Crippen molar-refractivity contribution in [2.45, 2.75) is 25.0 Å². The molecule has 0 aliphatic heterocycles. The standard InChI is InChI=1S/C20H19N7S/c1-2-3-8-18-21-20(28)24-27(18)13-14-9-11-15(12-10-14)16-6-4-5-7-17(16)19-22-25-26-23-19/h3-12H,2,13H2,1H3,(H,24,28)(H,22,23,25,26)/b8-3+. The maximum absolute atomic E-state index is 4.38. The van der Waals surface area contributed by atoms with E-state index in [9.17, 15) is 0 Å². The molecule has 2 aromatic carbocycles. The molecule has 0 fully saturated rings. The van der Waals surface area contributed by atoms with Gasteiger partial charge in [-0.2, -0.15) is 0 Å². The number of nitrogens with zero attached hydrogens (tertiary/aromatic N) is 6. The topological polar surface area (TPSA) is 85.2 Å². The average molecular weight is 389 g/mol. The van der Waals surface area contributed by atoms with Crippen LogP contribution in [0.2, 0.25) is 0 Å². The molecule has 8 heteroatoms. The van der Waals surface area contributed by atoms with E-state index in [2.05, 4.69) is 86.7 Å². The predicted molar refractivity (Wildman–Crippen MR) is 111 cm³/mol. The molecule has 1 N–H and O–H groups in total. The van der Waals surface area contributed by atoms with Crippen LogP contribution in [0.15, 0.2) is 59.8 Å². The Labute approximate surface area is 167 Å². The normalized spacial score (nSPS) is 11.4. The van der Waals surface area contributed by atoms with Gasteiger partial charge in [0.25, 0.3) is 0 Å². The molecule has 2 heterocycles. The lowest BCUT2D eigenvalue weighted by Crippen LogP contribution is -2.04. The summed E-state index contributed by atoms with van der Waals surface area (Å²) >= 11 is 4.27. The zero-order valence-corrected chi connectivity index (χ0v) is 16.2. The number of aromatic nitrogens is 7. The molecule has 140 valence electrons. The van der Waals surface area contributed by atoms with Gasteiger partial charge in [-0.05, 0) is 39.6 Å². The summed E-state index contributed by atoms with van der Waals surface area (Å²) < 4.78 is 1.86. The van der Waals surface area contributed by atoms with Crippen molar-refractivity contribution in [2.75, 3.05) is 0 Å². The number of aromatic amines is 1. The third-order valence-corrected chi connectivity index (χ3v) is 4.51. The van der Waals surface area contributed by atoms with Gasteiger partial charge in [0.15, 0.2) is 11.6 Å². The first-order valence-electron chi connectivity index (χ1n) is 8.97. The molecule has 0 atom stereocenters. The van der Waals surface area contributed by atoms with E-state index in [1.54, 1.807) is 0 Å². The van der Waals surface area contributed by atoms with Gasteiger partial charge in [-0.15, -0.1) is 22.8 Å². The average Bonchev–Trinajstić information content (AvgIpc) is 3.37. The molecule has 0 saturated heterocycles. The summed E-state index contributed by atoms with van der Waals surface area (Å²) in [4.78, 5) is 4.36. The van der Waals surface area contributed by atoms with E-state index in [-0.39, 0.29) is 0 Å². The number of nitrogens with one attached hydrogen (secondary N) is 1. The van der Waals surface area contributed by atoms with Crippen LogP contribution in [-0.4, -0.2) is 35.4 Å². The van der Waals surface area contributed by atoms with Gasteiger partial charge in [-0.25, -0.2) is 14.8 Å². The van der Waals surface area contributed by atoms with Crippen LogP contribution in [0.25, 0.3) is 28.6 Å². The number of hydrogen-bond acceptors (Lipinski definition) is 6. The smallest absolute Gasteiger partial charge is 0.205 e. The Morgan fingerprint density at radius 3 is 2.57 bits per heavy atom. The van der Waals surface area contributed by atoms with Crippen LogP contribution in [0.1, 0.15) is 24.7 Å². The molecule has 0 radical (unpaired) electrons. The lowest BCUT2D eigenvalue weighted by Gasteiger charge is -2.09. The molecule has 0 unspecified atom stereocenters. The second-order valence-electron chi connectivity index (χ2n) is 6.23. The van der Waals surface area contributed by atoms with Crippen molar-refractivity contribution in [1.82, 2.24) is 35.4 Å². The highest BCUT2D eigenvalue weighted by molar-refractivity contribution is 7.80. The van der Waals surface area contributed by atoms with Crippen molar-refractivity contribution in [1.29, 1.82) is 0 Å². The minimum absolute atomic E-state index is 0.474. The fourth-order valence-electron chi connectivity index (χ4n) is 2.98. The van der Waals surface area contributed by atoms with Crippen LogP contribution < -0.4 is 0 Å². The Hall–Kier alpha value is -3.26. The van der Waals surface area contributed by atoms with E-state index in [4.69, 9.17) is 0 Å². The maximum Gasteiger partial charge on any atom is 0.205 e. The lowest BCUT2D eigenvalue weighted by atomic mass is 9.98. The van der Waals surface area contributed by atoms with Crippen molar-refractivity contribution in [3.8, 4) is 22.5 Å². The van der Waals surface area contributed by atoms with Crippen molar-refractivity contribution in [2.24, 2.45) is 0 Å². The Bertz CT molecular complexity index is 1080. The number of thiol groups is 1. The Morgan fingerprint density at radius 2 is 1.86 bits per heavy atom. The maximum atomic E-state index is 4.38. The zero-order valence-electron chi connectivity index (χ0n) is 15.3. The molecule has 4 aromatic rings. The highest BCUT2D eigenvalue weighted by Gasteiger charge is 2.10. The highest BCUT2D eigenvalue weighted by atomic mass is 32.1. The summed E-state index contributed by atoms with van der Waals surface area (Å²) in [6.45, 7) is 2.72. The molecule has 0 saturated carbocycles. The van der Waals surface area contributed by atoms with E-state index in [1.807, 2.05) is 29.0 Å². The minimum atomic E-state index is 0.474. The second-order valence-corrected chi connectivity index (χ2v) is 6.63. The fourth-order valence-corrected chi connectivity index (χ4v) is 3.19. The minimum Gasteiger partial charge on any atom is -0.241 e. The van der Waals surface area contributed by atoms with Crippen molar-refractivity contribution in [3.05, 3.63) is 66.0 Å². The van der Waals surface area contributed by atoms with Crippen LogP contribution in [0.4, 0.5) is 0 Å². The fraction of sp³-hybridized carbons (Fsp3) is 0.150. The summed E-state index contributed by atoms with van der Waals surface area (Å²) in [5.41, 5.74) is 4.25. The predicted octanol–water partition coefficient (Wildman–Crippen LogP) is 3.89. The van der Waals surface area contributed by atoms with Crippen molar-refractivity contribution >= 4 is 18.7 Å². The number of hydrogen-bond donors (Lipinski definition) is 2. The number of rotatable bonds is 6. The van der Waals surface area contributed by atoms with Gasteiger partial charge < -0.3 is 0 Å². The van der Waals surface area contributed by atoms with E-state index < -0.39 is 0 Å². The lowest BCUT2D eigenvalue weighted by molar-refractivity contribution is 0.661. The number of benzene rings is 2. The third kappa shape index (κ3) is 3.86. The molecule has 28 heavy (non-hydrogen) atoms. The SMILES string of the molecule is CC/C=C/c1nc(S)nn1Cc1ccc(-c2ccccc2-c2nnn[nH]2)cc1. The van der Waals surface area contributed by atoms with Crippen LogP contribution >= 0.6 is 12.6 Å². The van der Waals surface area contributed by atoms with Crippen LogP contribution in [0.5, 0.6) is 0 Å². The molecule has 2 aromatic heterocycles. The quantitative estimate of drug-likeness (QED) is 0.489. The van der Waals surface area contributed by atoms with Gasteiger partial charge in [0, 0.05) is 5.56 Å². The van der Waals surface area contributed by atoms with Gasteiger partial charge in [-0.1, -0.05) is 61.5 Å². The van der Waals surface area contributed by atoms with Gasteiger partial charge >= 0.3 is 0 Å². The van der Waals surface area contributed by atoms with Gasteiger partial charge in [0.1, 0.15) is 0 Å². The molecular weight excluding hydrogens is 370 g/mol. The molecule has 0 aliphatic rings. The molecule has 0 amide bonds. The molecular formula is C20H19N7S. The van der Waals surface area contributed by atoms with Crippen molar-refractivity contribution < 1.29 is 0 Å². The van der Waals surface area contributed by atoms with Gasteiger partial charge in [0.05, 0.1) is 6.54 Å². The molecule has 7 nitrogen and oxygen atoms in total. The van der Waals surface area contributed by atoms with E-state index in [0.717, 1.165) is 34.5 Å². The molecule has 0 bridgehead atoms. The van der Waals surface area contributed by atoms with Gasteiger partial charge in [-0.3, -0.25) is 0 Å². The second kappa shape index (κ2) is 8.18. The Balaban J connectivity index is 1.60. The van der Waals surface area contributed by atoms with Crippen molar-refractivity contribution in [3.63, 3.8) is 0 Å². The first kappa shape index (κ1) is 18.1. The van der Waals surface area contributed by atoms with Crippen LogP contribution in [0.3, 0.4) is 0 Å². The summed E-state index contributed by atoms with van der Waals surface area (Å²) in [6, 6.07) is 16.4. The molecule has 0 spiro atoms. The van der Waals surface area contributed by atoms with Gasteiger partial charge in [0.2, 0.25) is 5.16 Å². The number of allylic oxidation sites excluding steroid dienone is 1. The zero-order chi connectivity index (χ0) is 19.3. The third-order valence-electron chi connectivity index (χ3n) is 4.32. The van der Waals surface area contributed by atoms with E-state index in [1.165, 1.54) is 0 Å². The number of tetrazole rings is 1. The van der Waals surface area contributed by atoms with E-state index >= 15 is 0 Å². The Kier molecular flexibility index (Phi) is 5.29. The summed E-state index contributed by atoms with van der Waals surface area (Å²) in [6.07, 6.45) is 4.98. The molecule has 0 aliphatic carbocycles. The van der Waals surface area contributed by atoms with E-state index in [0.29, 0.717) is 17.5 Å². The highest BCUT2D eigenvalue weighted by Crippen LogP contribution is 2.29. The summed E-state index contributed by atoms with van der Waals surface area (Å²) in [7, 11) is 0. The monoisotopic (exact) mass is 389 g/mol.